The molecule has 0 aromatic heterocycles. The fourth-order valence-electron chi connectivity index (χ4n) is 2.66. The molecule has 0 radical (unpaired) electrons. The number of rotatable bonds is 4. The van der Waals surface area contributed by atoms with E-state index in [4.69, 9.17) is 10.5 Å². The van der Waals surface area contributed by atoms with Gasteiger partial charge in [0, 0.05) is 26.2 Å². The second-order valence-electron chi connectivity index (χ2n) is 5.41. The summed E-state index contributed by atoms with van der Waals surface area (Å²) in [6.45, 7) is 3.59. The quantitative estimate of drug-likeness (QED) is 0.909. The topological polar surface area (TPSA) is 38.5 Å². The van der Waals surface area contributed by atoms with E-state index in [0.717, 1.165) is 31.5 Å². The number of nitrogens with two attached hydrogens (primary N) is 1. The molecule has 1 aromatic carbocycles. The molecular formula is C15H23FN2O. The first-order chi connectivity index (χ1) is 9.10. The first kappa shape index (κ1) is 14.3. The van der Waals surface area contributed by atoms with Crippen molar-refractivity contribution in [3.63, 3.8) is 0 Å². The molecule has 1 heterocycles. The molecule has 2 atom stereocenters. The Morgan fingerprint density at radius 3 is 2.95 bits per heavy atom. The predicted molar refractivity (Wildman–Crippen MR) is 76.0 cm³/mol. The SMILES string of the molecule is COC1CCCN(c2ccc(CC(C)N)cc2F)C1. The first-order valence-electron chi connectivity index (χ1n) is 6.92. The molecule has 1 aliphatic rings. The zero-order valence-corrected chi connectivity index (χ0v) is 11.7. The minimum absolute atomic E-state index is 0.0538. The maximum Gasteiger partial charge on any atom is 0.146 e. The molecule has 0 saturated carbocycles. The number of hydrogen-bond donors (Lipinski definition) is 1. The number of methoxy groups -OCH3 is 1. The van der Waals surface area contributed by atoms with Crippen LogP contribution in [-0.2, 0) is 11.2 Å². The van der Waals surface area contributed by atoms with Gasteiger partial charge >= 0.3 is 0 Å². The zero-order valence-electron chi connectivity index (χ0n) is 11.7. The lowest BCUT2D eigenvalue weighted by atomic mass is 10.0. The van der Waals surface area contributed by atoms with Gasteiger partial charge in [-0.3, -0.25) is 0 Å². The third-order valence-electron chi connectivity index (χ3n) is 3.62. The van der Waals surface area contributed by atoms with E-state index in [1.807, 2.05) is 19.1 Å². The van der Waals surface area contributed by atoms with Gasteiger partial charge in [-0.05, 0) is 43.9 Å². The summed E-state index contributed by atoms with van der Waals surface area (Å²) >= 11 is 0. The molecular weight excluding hydrogens is 243 g/mol. The molecule has 1 saturated heterocycles. The highest BCUT2D eigenvalue weighted by Crippen LogP contribution is 2.25. The van der Waals surface area contributed by atoms with E-state index in [2.05, 4.69) is 4.90 Å². The number of nitrogens with zero attached hydrogens (tertiary/aromatic N) is 1. The van der Waals surface area contributed by atoms with Crippen molar-refractivity contribution in [3.05, 3.63) is 29.6 Å². The van der Waals surface area contributed by atoms with Gasteiger partial charge < -0.3 is 15.4 Å². The summed E-state index contributed by atoms with van der Waals surface area (Å²) in [5.41, 5.74) is 7.37. The second-order valence-corrected chi connectivity index (χ2v) is 5.41. The largest absolute Gasteiger partial charge is 0.380 e. The third kappa shape index (κ3) is 3.67. The maximum atomic E-state index is 14.2. The van der Waals surface area contributed by atoms with Crippen LogP contribution in [0.4, 0.5) is 10.1 Å². The van der Waals surface area contributed by atoms with Crippen LogP contribution in [0.3, 0.4) is 0 Å². The Labute approximate surface area is 114 Å². The molecule has 2 unspecified atom stereocenters. The highest BCUT2D eigenvalue weighted by molar-refractivity contribution is 5.49. The van der Waals surface area contributed by atoms with Crippen LogP contribution in [0.25, 0.3) is 0 Å². The third-order valence-corrected chi connectivity index (χ3v) is 3.62. The van der Waals surface area contributed by atoms with Crippen molar-refractivity contribution in [2.45, 2.75) is 38.3 Å². The lowest BCUT2D eigenvalue weighted by Gasteiger charge is -2.33. The number of piperidine rings is 1. The normalized spacial score (nSPS) is 21.5. The van der Waals surface area contributed by atoms with Crippen molar-refractivity contribution in [2.24, 2.45) is 5.73 Å². The Kier molecular flexibility index (Phi) is 4.77. The molecule has 0 spiro atoms. The van der Waals surface area contributed by atoms with Crippen LogP contribution in [0.5, 0.6) is 0 Å². The highest BCUT2D eigenvalue weighted by Gasteiger charge is 2.21. The zero-order chi connectivity index (χ0) is 13.8. The maximum absolute atomic E-state index is 14.2. The monoisotopic (exact) mass is 266 g/mol. The van der Waals surface area contributed by atoms with Gasteiger partial charge in [0.15, 0.2) is 0 Å². The molecule has 4 heteroatoms. The van der Waals surface area contributed by atoms with Crippen molar-refractivity contribution in [1.82, 2.24) is 0 Å². The van der Waals surface area contributed by atoms with Gasteiger partial charge in [-0.2, -0.15) is 0 Å². The van der Waals surface area contributed by atoms with Crippen molar-refractivity contribution < 1.29 is 9.13 Å². The van der Waals surface area contributed by atoms with Crippen molar-refractivity contribution >= 4 is 5.69 Å². The standard InChI is InChI=1S/C15H23FN2O/c1-11(17)8-12-5-6-15(14(16)9-12)18-7-3-4-13(10-18)19-2/h5-6,9,11,13H,3-4,7-8,10,17H2,1-2H3. The number of hydrogen-bond acceptors (Lipinski definition) is 3. The van der Waals surface area contributed by atoms with Crippen molar-refractivity contribution in [1.29, 1.82) is 0 Å². The average Bonchev–Trinajstić information content (AvgIpc) is 2.38. The van der Waals surface area contributed by atoms with E-state index < -0.39 is 0 Å². The Balaban J connectivity index is 2.11. The first-order valence-corrected chi connectivity index (χ1v) is 6.92. The van der Waals surface area contributed by atoms with Crippen LogP contribution in [0, 0.1) is 5.82 Å². The molecule has 3 nitrogen and oxygen atoms in total. The van der Waals surface area contributed by atoms with Gasteiger partial charge in [-0.25, -0.2) is 4.39 Å². The average molecular weight is 266 g/mol. The Morgan fingerprint density at radius 1 is 1.53 bits per heavy atom. The summed E-state index contributed by atoms with van der Waals surface area (Å²) in [6.07, 6.45) is 3.01. The smallest absolute Gasteiger partial charge is 0.146 e. The van der Waals surface area contributed by atoms with E-state index in [1.165, 1.54) is 0 Å². The predicted octanol–water partition coefficient (Wildman–Crippen LogP) is 2.33. The van der Waals surface area contributed by atoms with Gasteiger partial charge in [-0.1, -0.05) is 6.07 Å². The molecule has 106 valence electrons. The molecule has 19 heavy (non-hydrogen) atoms. The Hall–Kier alpha value is -1.13. The summed E-state index contributed by atoms with van der Waals surface area (Å²) in [6, 6.07) is 5.50. The lowest BCUT2D eigenvalue weighted by Crippen LogP contribution is -2.39. The fraction of sp³-hybridized carbons (Fsp3) is 0.600. The second kappa shape index (κ2) is 6.35. The van der Waals surface area contributed by atoms with Gasteiger partial charge in [-0.15, -0.1) is 0 Å². The number of anilines is 1. The van der Waals surface area contributed by atoms with Crippen LogP contribution in [-0.4, -0.2) is 32.3 Å². The van der Waals surface area contributed by atoms with Gasteiger partial charge in [0.25, 0.3) is 0 Å². The van der Waals surface area contributed by atoms with E-state index in [1.54, 1.807) is 13.2 Å². The van der Waals surface area contributed by atoms with Crippen LogP contribution in [0.2, 0.25) is 0 Å². The molecule has 2 N–H and O–H groups in total. The van der Waals surface area contributed by atoms with E-state index >= 15 is 0 Å². The summed E-state index contributed by atoms with van der Waals surface area (Å²) in [4.78, 5) is 2.07. The Morgan fingerprint density at radius 2 is 2.32 bits per heavy atom. The minimum atomic E-state index is -0.157. The minimum Gasteiger partial charge on any atom is -0.380 e. The van der Waals surface area contributed by atoms with Gasteiger partial charge in [0.2, 0.25) is 0 Å². The van der Waals surface area contributed by atoms with Gasteiger partial charge in [0.1, 0.15) is 5.82 Å². The summed E-state index contributed by atoms with van der Waals surface area (Å²) in [5.74, 6) is -0.157. The molecule has 1 aromatic rings. The number of ether oxygens (including phenoxy) is 1. The van der Waals surface area contributed by atoms with Crippen LogP contribution in [0.15, 0.2) is 18.2 Å². The lowest BCUT2D eigenvalue weighted by molar-refractivity contribution is 0.0892. The van der Waals surface area contributed by atoms with Gasteiger partial charge in [0.05, 0.1) is 11.8 Å². The fourth-order valence-corrected chi connectivity index (χ4v) is 2.66. The van der Waals surface area contributed by atoms with E-state index in [-0.39, 0.29) is 18.0 Å². The number of benzene rings is 1. The molecule has 0 bridgehead atoms. The van der Waals surface area contributed by atoms with E-state index in [0.29, 0.717) is 12.1 Å². The van der Waals surface area contributed by atoms with E-state index in [9.17, 15) is 4.39 Å². The molecule has 1 aliphatic heterocycles. The highest BCUT2D eigenvalue weighted by atomic mass is 19.1. The van der Waals surface area contributed by atoms with Crippen molar-refractivity contribution in [3.8, 4) is 0 Å². The number of halogens is 1. The Bertz CT molecular complexity index is 423. The van der Waals surface area contributed by atoms with Crippen LogP contribution in [0.1, 0.15) is 25.3 Å². The summed E-state index contributed by atoms with van der Waals surface area (Å²) < 4.78 is 19.6. The molecule has 2 rings (SSSR count). The molecule has 0 aliphatic carbocycles. The molecule has 0 amide bonds. The summed E-state index contributed by atoms with van der Waals surface area (Å²) in [7, 11) is 1.72. The van der Waals surface area contributed by atoms with Crippen LogP contribution >= 0.6 is 0 Å². The van der Waals surface area contributed by atoms with Crippen molar-refractivity contribution in [2.75, 3.05) is 25.1 Å². The molecule has 1 fully saturated rings. The van der Waals surface area contributed by atoms with Crippen LogP contribution < -0.4 is 10.6 Å². The summed E-state index contributed by atoms with van der Waals surface area (Å²) in [5, 5.41) is 0.